The second kappa shape index (κ2) is 6.26. The van der Waals surface area contributed by atoms with Crippen LogP contribution in [0.5, 0.6) is 0 Å². The van der Waals surface area contributed by atoms with Crippen molar-refractivity contribution in [1.29, 1.82) is 0 Å². The average molecular weight is 275 g/mol. The van der Waals surface area contributed by atoms with Gasteiger partial charge in [-0.2, -0.15) is 0 Å². The normalized spacial score (nSPS) is 12.6. The number of rotatable bonds is 5. The molecule has 0 spiro atoms. The maximum absolute atomic E-state index is 4.35. The molecule has 1 atom stereocenters. The summed E-state index contributed by atoms with van der Waals surface area (Å²) in [6, 6.07) is 6.61. The first-order valence-electron chi connectivity index (χ1n) is 6.76. The first-order valence-corrected chi connectivity index (χ1v) is 7.58. The van der Waals surface area contributed by atoms with Gasteiger partial charge in [0.25, 0.3) is 0 Å². The largest absolute Gasteiger partial charge is 0.308 e. The topological polar surface area (TPSA) is 37.8 Å². The molecule has 0 aliphatic heterocycles. The molecule has 102 valence electrons. The van der Waals surface area contributed by atoms with Crippen LogP contribution in [-0.4, -0.2) is 16.7 Å². The second-order valence-corrected chi connectivity index (χ2v) is 5.88. The Labute approximate surface area is 119 Å². The number of benzene rings is 1. The Morgan fingerprint density at radius 3 is 2.79 bits per heavy atom. The van der Waals surface area contributed by atoms with E-state index < -0.39 is 0 Å². The highest BCUT2D eigenvalue weighted by atomic mass is 32.1. The van der Waals surface area contributed by atoms with Crippen LogP contribution >= 0.6 is 11.3 Å². The van der Waals surface area contributed by atoms with Gasteiger partial charge in [0.15, 0.2) is 0 Å². The molecule has 1 N–H and O–H groups in total. The van der Waals surface area contributed by atoms with Crippen molar-refractivity contribution in [3.8, 4) is 10.6 Å². The van der Waals surface area contributed by atoms with Crippen LogP contribution in [0.1, 0.15) is 42.4 Å². The highest BCUT2D eigenvalue weighted by molar-refractivity contribution is 7.14. The Bertz CT molecular complexity index is 548. The van der Waals surface area contributed by atoms with Crippen molar-refractivity contribution >= 4 is 11.3 Å². The Kier molecular flexibility index (Phi) is 4.66. The Hall–Kier alpha value is -1.26. The number of hydrogen-bond donors (Lipinski definition) is 1. The molecule has 0 amide bonds. The summed E-state index contributed by atoms with van der Waals surface area (Å²) in [6.45, 7) is 9.60. The quantitative estimate of drug-likeness (QED) is 0.899. The van der Waals surface area contributed by atoms with Crippen molar-refractivity contribution in [2.24, 2.45) is 0 Å². The molecule has 0 radical (unpaired) electrons. The highest BCUT2D eigenvalue weighted by Gasteiger charge is 2.13. The van der Waals surface area contributed by atoms with Gasteiger partial charge in [-0.1, -0.05) is 36.5 Å². The van der Waals surface area contributed by atoms with Gasteiger partial charge in [-0.15, -0.1) is 10.2 Å². The van der Waals surface area contributed by atoms with Crippen LogP contribution < -0.4 is 5.32 Å². The van der Waals surface area contributed by atoms with Crippen molar-refractivity contribution in [3.63, 3.8) is 0 Å². The number of nitrogens with one attached hydrogen (secondary N) is 1. The molecule has 1 unspecified atom stereocenters. The van der Waals surface area contributed by atoms with E-state index in [4.69, 9.17) is 0 Å². The van der Waals surface area contributed by atoms with Crippen molar-refractivity contribution < 1.29 is 0 Å². The van der Waals surface area contributed by atoms with Crippen molar-refractivity contribution in [3.05, 3.63) is 34.3 Å². The number of aryl methyl sites for hydroxylation is 1. The van der Waals surface area contributed by atoms with E-state index in [1.807, 2.05) is 0 Å². The van der Waals surface area contributed by atoms with Crippen LogP contribution in [0.25, 0.3) is 10.6 Å². The predicted octanol–water partition coefficient (Wildman–Crippen LogP) is 3.88. The third kappa shape index (κ3) is 3.19. The van der Waals surface area contributed by atoms with Gasteiger partial charge in [-0.25, -0.2) is 0 Å². The standard InChI is InChI=1S/C15H21N3S/c1-5-9-16-12(4)14-17-18-15(19-14)13-8-6-7-10(2)11(13)3/h6-8,12,16H,5,9H2,1-4H3. The van der Waals surface area contributed by atoms with E-state index in [0.717, 1.165) is 23.0 Å². The van der Waals surface area contributed by atoms with E-state index in [-0.39, 0.29) is 6.04 Å². The minimum absolute atomic E-state index is 0.274. The Balaban J connectivity index is 2.23. The van der Waals surface area contributed by atoms with Gasteiger partial charge < -0.3 is 5.32 Å². The molecule has 0 aliphatic rings. The molecule has 0 saturated heterocycles. The summed E-state index contributed by atoms with van der Waals surface area (Å²) in [5.74, 6) is 0. The van der Waals surface area contributed by atoms with E-state index >= 15 is 0 Å². The summed E-state index contributed by atoms with van der Waals surface area (Å²) in [5, 5.41) is 14.2. The Morgan fingerprint density at radius 1 is 1.26 bits per heavy atom. The highest BCUT2D eigenvalue weighted by Crippen LogP contribution is 2.30. The van der Waals surface area contributed by atoms with E-state index in [1.54, 1.807) is 11.3 Å². The lowest BCUT2D eigenvalue weighted by atomic mass is 10.0. The van der Waals surface area contributed by atoms with Crippen LogP contribution in [-0.2, 0) is 0 Å². The van der Waals surface area contributed by atoms with Gasteiger partial charge >= 0.3 is 0 Å². The first-order chi connectivity index (χ1) is 9.13. The average Bonchev–Trinajstić information content (AvgIpc) is 2.88. The fourth-order valence-electron chi connectivity index (χ4n) is 1.95. The van der Waals surface area contributed by atoms with Gasteiger partial charge in [0.1, 0.15) is 10.0 Å². The minimum atomic E-state index is 0.274. The van der Waals surface area contributed by atoms with Gasteiger partial charge in [0.2, 0.25) is 0 Å². The van der Waals surface area contributed by atoms with Crippen LogP contribution in [0.15, 0.2) is 18.2 Å². The lowest BCUT2D eigenvalue weighted by Crippen LogP contribution is -2.18. The molecule has 0 aliphatic carbocycles. The second-order valence-electron chi connectivity index (χ2n) is 4.87. The van der Waals surface area contributed by atoms with E-state index in [1.165, 1.54) is 16.7 Å². The number of aromatic nitrogens is 2. The van der Waals surface area contributed by atoms with Crippen molar-refractivity contribution in [2.45, 2.75) is 40.2 Å². The van der Waals surface area contributed by atoms with Crippen molar-refractivity contribution in [2.75, 3.05) is 6.54 Å². The molecular formula is C15H21N3S. The predicted molar refractivity (Wildman–Crippen MR) is 81.5 cm³/mol. The molecule has 2 rings (SSSR count). The summed E-state index contributed by atoms with van der Waals surface area (Å²) in [7, 11) is 0. The number of hydrogen-bond acceptors (Lipinski definition) is 4. The third-order valence-corrected chi connectivity index (χ3v) is 4.49. The van der Waals surface area contributed by atoms with Crippen LogP contribution in [0, 0.1) is 13.8 Å². The van der Waals surface area contributed by atoms with Gasteiger partial charge in [0.05, 0.1) is 6.04 Å². The summed E-state index contributed by atoms with van der Waals surface area (Å²) >= 11 is 1.68. The summed E-state index contributed by atoms with van der Waals surface area (Å²) in [6.07, 6.45) is 1.13. The molecule has 3 nitrogen and oxygen atoms in total. The van der Waals surface area contributed by atoms with E-state index in [9.17, 15) is 0 Å². The molecule has 1 heterocycles. The van der Waals surface area contributed by atoms with Crippen molar-refractivity contribution in [1.82, 2.24) is 15.5 Å². The third-order valence-electron chi connectivity index (χ3n) is 3.35. The van der Waals surface area contributed by atoms with Crippen LogP contribution in [0.2, 0.25) is 0 Å². The minimum Gasteiger partial charge on any atom is -0.308 e. The molecule has 4 heteroatoms. The van der Waals surface area contributed by atoms with Gasteiger partial charge in [0, 0.05) is 5.56 Å². The molecule has 1 aromatic carbocycles. The number of nitrogens with zero attached hydrogens (tertiary/aromatic N) is 2. The zero-order valence-electron chi connectivity index (χ0n) is 12.0. The molecule has 0 bridgehead atoms. The maximum atomic E-state index is 4.35. The summed E-state index contributed by atoms with van der Waals surface area (Å²) in [4.78, 5) is 0. The maximum Gasteiger partial charge on any atom is 0.148 e. The SMILES string of the molecule is CCCNC(C)c1nnc(-c2cccc(C)c2C)s1. The fourth-order valence-corrected chi connectivity index (χ4v) is 2.90. The van der Waals surface area contributed by atoms with Gasteiger partial charge in [-0.05, 0) is 44.9 Å². The zero-order chi connectivity index (χ0) is 13.8. The molecule has 0 fully saturated rings. The summed E-state index contributed by atoms with van der Waals surface area (Å²) in [5.41, 5.74) is 3.79. The molecule has 1 aromatic heterocycles. The van der Waals surface area contributed by atoms with E-state index in [0.29, 0.717) is 0 Å². The zero-order valence-corrected chi connectivity index (χ0v) is 12.8. The van der Waals surface area contributed by atoms with Crippen LogP contribution in [0.3, 0.4) is 0 Å². The monoisotopic (exact) mass is 275 g/mol. The fraction of sp³-hybridized carbons (Fsp3) is 0.467. The smallest absolute Gasteiger partial charge is 0.148 e. The Morgan fingerprint density at radius 2 is 2.05 bits per heavy atom. The lowest BCUT2D eigenvalue weighted by Gasteiger charge is -2.08. The molecule has 0 saturated carbocycles. The lowest BCUT2D eigenvalue weighted by molar-refractivity contribution is 0.564. The molecular weight excluding hydrogens is 254 g/mol. The summed E-state index contributed by atoms with van der Waals surface area (Å²) < 4.78 is 0. The van der Waals surface area contributed by atoms with Crippen LogP contribution in [0.4, 0.5) is 0 Å². The molecule has 19 heavy (non-hydrogen) atoms. The van der Waals surface area contributed by atoms with E-state index in [2.05, 4.69) is 61.4 Å². The van der Waals surface area contributed by atoms with Gasteiger partial charge in [-0.3, -0.25) is 0 Å². The first kappa shape index (κ1) is 14.2. The molecule has 2 aromatic rings.